The molecule has 1 amide bonds. The van der Waals surface area contributed by atoms with Crippen LogP contribution in [0.1, 0.15) is 21.6 Å². The second kappa shape index (κ2) is 8.89. The van der Waals surface area contributed by atoms with Crippen LogP contribution in [-0.2, 0) is 13.0 Å². The van der Waals surface area contributed by atoms with Crippen molar-refractivity contribution in [2.75, 3.05) is 6.54 Å². The number of carbonyl (C=O) groups excluding carboxylic acids is 1. The van der Waals surface area contributed by atoms with Crippen LogP contribution in [0.3, 0.4) is 0 Å². The quantitative estimate of drug-likeness (QED) is 0.428. The third-order valence-corrected chi connectivity index (χ3v) is 5.42. The largest absolute Gasteiger partial charge is 0.352 e. The smallest absolute Gasteiger partial charge is 0.253 e. The fourth-order valence-electron chi connectivity index (χ4n) is 3.85. The molecule has 4 aromatic heterocycles. The first-order valence-corrected chi connectivity index (χ1v) is 10.6. The van der Waals surface area contributed by atoms with E-state index in [2.05, 4.69) is 32.0 Å². The highest BCUT2D eigenvalue weighted by atomic mass is 16.1. The second-order valence-corrected chi connectivity index (χ2v) is 7.64. The van der Waals surface area contributed by atoms with Gasteiger partial charge in [-0.05, 0) is 35.9 Å². The van der Waals surface area contributed by atoms with Crippen LogP contribution in [-0.4, -0.2) is 31.4 Å². The van der Waals surface area contributed by atoms with Crippen LogP contribution < -0.4 is 5.32 Å². The van der Waals surface area contributed by atoms with Gasteiger partial charge in [-0.1, -0.05) is 42.5 Å². The van der Waals surface area contributed by atoms with E-state index in [9.17, 15) is 4.79 Å². The number of pyridine rings is 2. The first-order chi connectivity index (χ1) is 15.8. The first-order valence-electron chi connectivity index (χ1n) is 10.6. The van der Waals surface area contributed by atoms with Crippen LogP contribution in [0.4, 0.5) is 0 Å². The van der Waals surface area contributed by atoms with E-state index in [0.717, 1.165) is 29.1 Å². The van der Waals surface area contributed by atoms with Gasteiger partial charge in [-0.25, -0.2) is 4.98 Å². The van der Waals surface area contributed by atoms with Crippen molar-refractivity contribution in [3.8, 4) is 11.4 Å². The van der Waals surface area contributed by atoms with Gasteiger partial charge < -0.3 is 14.3 Å². The molecule has 32 heavy (non-hydrogen) atoms. The molecule has 0 unspecified atom stereocenters. The summed E-state index contributed by atoms with van der Waals surface area (Å²) in [6.07, 6.45) is 8.27. The average Bonchev–Trinajstić information content (AvgIpc) is 3.45. The minimum atomic E-state index is -0.0976. The molecule has 1 aromatic carbocycles. The lowest BCUT2D eigenvalue weighted by Crippen LogP contribution is -2.25. The van der Waals surface area contributed by atoms with E-state index in [1.807, 2.05) is 83.8 Å². The minimum Gasteiger partial charge on any atom is -0.352 e. The van der Waals surface area contributed by atoms with Crippen molar-refractivity contribution in [1.29, 1.82) is 0 Å². The van der Waals surface area contributed by atoms with Gasteiger partial charge in [0.05, 0.1) is 23.1 Å². The Morgan fingerprint density at radius 1 is 0.938 bits per heavy atom. The van der Waals surface area contributed by atoms with E-state index < -0.39 is 0 Å². The van der Waals surface area contributed by atoms with Gasteiger partial charge in [-0.15, -0.1) is 0 Å². The summed E-state index contributed by atoms with van der Waals surface area (Å²) >= 11 is 0. The topological polar surface area (TPSA) is 64.2 Å². The Bertz CT molecular complexity index is 1340. The highest BCUT2D eigenvalue weighted by Crippen LogP contribution is 2.25. The van der Waals surface area contributed by atoms with E-state index in [-0.39, 0.29) is 5.91 Å². The SMILES string of the molecule is O=C(NCCc1ccccn1)c1cc(-c2cn(Cc3ccccc3)cn2)n2ccccc12. The Hall–Kier alpha value is -4.19. The number of nitrogens with one attached hydrogen (secondary N) is 1. The number of imidazole rings is 1. The maximum Gasteiger partial charge on any atom is 0.253 e. The molecule has 0 fully saturated rings. The summed E-state index contributed by atoms with van der Waals surface area (Å²) in [6, 6.07) is 23.9. The number of benzene rings is 1. The molecule has 1 N–H and O–H groups in total. The van der Waals surface area contributed by atoms with Crippen LogP contribution in [0, 0.1) is 0 Å². The molecule has 0 bridgehead atoms. The monoisotopic (exact) mass is 421 g/mol. The van der Waals surface area contributed by atoms with Crippen LogP contribution in [0.5, 0.6) is 0 Å². The zero-order valence-electron chi connectivity index (χ0n) is 17.6. The Kier molecular flexibility index (Phi) is 5.49. The van der Waals surface area contributed by atoms with Crippen molar-refractivity contribution in [3.63, 3.8) is 0 Å². The number of fused-ring (bicyclic) bond motifs is 1. The Morgan fingerprint density at radius 3 is 2.62 bits per heavy atom. The zero-order valence-corrected chi connectivity index (χ0v) is 17.6. The second-order valence-electron chi connectivity index (χ2n) is 7.64. The van der Waals surface area contributed by atoms with Gasteiger partial charge in [0.2, 0.25) is 0 Å². The molecule has 0 saturated heterocycles. The lowest BCUT2D eigenvalue weighted by molar-refractivity contribution is 0.0956. The molecule has 6 heteroatoms. The third-order valence-electron chi connectivity index (χ3n) is 5.42. The summed E-state index contributed by atoms with van der Waals surface area (Å²) in [6.45, 7) is 1.28. The van der Waals surface area contributed by atoms with Gasteiger partial charge in [0.25, 0.3) is 5.91 Å². The van der Waals surface area contributed by atoms with Crippen LogP contribution in [0.2, 0.25) is 0 Å². The molecule has 0 saturated carbocycles. The molecule has 5 aromatic rings. The van der Waals surface area contributed by atoms with Crippen molar-refractivity contribution in [2.24, 2.45) is 0 Å². The molecule has 158 valence electrons. The van der Waals surface area contributed by atoms with Crippen molar-refractivity contribution in [3.05, 3.63) is 115 Å². The number of hydrogen-bond donors (Lipinski definition) is 1. The number of aromatic nitrogens is 4. The summed E-state index contributed by atoms with van der Waals surface area (Å²) < 4.78 is 4.07. The molecule has 0 atom stereocenters. The Labute approximate surface area is 186 Å². The molecule has 0 radical (unpaired) electrons. The molecule has 5 rings (SSSR count). The lowest BCUT2D eigenvalue weighted by Gasteiger charge is -2.04. The summed E-state index contributed by atoms with van der Waals surface area (Å²) in [5.41, 5.74) is 5.38. The van der Waals surface area contributed by atoms with E-state index in [0.29, 0.717) is 18.5 Å². The minimum absolute atomic E-state index is 0.0976. The van der Waals surface area contributed by atoms with E-state index in [1.165, 1.54) is 5.56 Å². The molecule has 6 nitrogen and oxygen atoms in total. The van der Waals surface area contributed by atoms with Crippen molar-refractivity contribution >= 4 is 11.4 Å². The van der Waals surface area contributed by atoms with Crippen molar-refractivity contribution in [2.45, 2.75) is 13.0 Å². The van der Waals surface area contributed by atoms with Gasteiger partial charge in [-0.2, -0.15) is 0 Å². The molecular weight excluding hydrogens is 398 g/mol. The molecule has 0 spiro atoms. The third kappa shape index (κ3) is 4.16. The fraction of sp³-hybridized carbons (Fsp3) is 0.115. The van der Waals surface area contributed by atoms with Crippen LogP contribution in [0.15, 0.2) is 97.7 Å². The molecule has 4 heterocycles. The first kappa shape index (κ1) is 19.8. The van der Waals surface area contributed by atoms with Crippen LogP contribution in [0.25, 0.3) is 16.9 Å². The number of amides is 1. The molecular formula is C26H23N5O. The number of hydrogen-bond acceptors (Lipinski definition) is 3. The predicted octanol–water partition coefficient (Wildman–Crippen LogP) is 4.22. The molecule has 0 aliphatic carbocycles. The Morgan fingerprint density at radius 2 is 1.78 bits per heavy atom. The molecule has 0 aliphatic heterocycles. The maximum atomic E-state index is 13.0. The number of carbonyl (C=O) groups is 1. The number of nitrogens with zero attached hydrogens (tertiary/aromatic N) is 4. The van der Waals surface area contributed by atoms with Crippen LogP contribution >= 0.6 is 0 Å². The summed E-state index contributed by atoms with van der Waals surface area (Å²) in [5.74, 6) is -0.0976. The van der Waals surface area contributed by atoms with E-state index >= 15 is 0 Å². The van der Waals surface area contributed by atoms with E-state index in [1.54, 1.807) is 6.20 Å². The zero-order chi connectivity index (χ0) is 21.8. The van der Waals surface area contributed by atoms with Gasteiger partial charge in [0.15, 0.2) is 0 Å². The summed E-state index contributed by atoms with van der Waals surface area (Å²) in [4.78, 5) is 21.9. The summed E-state index contributed by atoms with van der Waals surface area (Å²) in [7, 11) is 0. The molecule has 0 aliphatic rings. The van der Waals surface area contributed by atoms with Gasteiger partial charge in [0.1, 0.15) is 5.69 Å². The van der Waals surface area contributed by atoms with Crippen molar-refractivity contribution in [1.82, 2.24) is 24.3 Å². The van der Waals surface area contributed by atoms with E-state index in [4.69, 9.17) is 0 Å². The Balaban J connectivity index is 1.37. The van der Waals surface area contributed by atoms with Crippen molar-refractivity contribution < 1.29 is 4.79 Å². The van der Waals surface area contributed by atoms with Gasteiger partial charge in [-0.3, -0.25) is 9.78 Å². The standard InChI is InChI=1S/C26H23N5O/c32-26(28-14-12-21-10-4-6-13-27-21)22-16-25(31-15-7-5-11-24(22)31)23-18-30(19-29-23)17-20-8-2-1-3-9-20/h1-11,13,15-16,18-19H,12,14,17H2,(H,28,32). The van der Waals surface area contributed by atoms with Gasteiger partial charge >= 0.3 is 0 Å². The fourth-order valence-corrected chi connectivity index (χ4v) is 3.85. The summed E-state index contributed by atoms with van der Waals surface area (Å²) in [5, 5.41) is 3.02. The normalized spacial score (nSPS) is 11.0. The maximum absolute atomic E-state index is 13.0. The highest BCUT2D eigenvalue weighted by Gasteiger charge is 2.17. The highest BCUT2D eigenvalue weighted by molar-refractivity contribution is 6.02. The average molecular weight is 422 g/mol. The lowest BCUT2D eigenvalue weighted by atomic mass is 10.2. The predicted molar refractivity (Wildman–Crippen MR) is 124 cm³/mol. The van der Waals surface area contributed by atoms with Gasteiger partial charge in [0, 0.05) is 43.8 Å². The number of rotatable bonds is 7.